The molecule has 1 saturated heterocycles. The summed E-state index contributed by atoms with van der Waals surface area (Å²) in [4.78, 5) is 1.36. The minimum absolute atomic E-state index is 0.195. The van der Waals surface area contributed by atoms with Gasteiger partial charge >= 0.3 is 0 Å². The molecular weight excluding hydrogens is 244 g/mol. The maximum absolute atomic E-state index is 9.70. The van der Waals surface area contributed by atoms with E-state index in [2.05, 4.69) is 41.0 Å². The lowest BCUT2D eigenvalue weighted by Gasteiger charge is -2.13. The molecule has 1 aromatic heterocycles. The first kappa shape index (κ1) is 12.1. The SMILES string of the molecule is OC1CNCC1CNCc1cc2ccccc2s1. The van der Waals surface area contributed by atoms with Crippen molar-refractivity contribution in [2.75, 3.05) is 19.6 Å². The van der Waals surface area contributed by atoms with E-state index in [4.69, 9.17) is 0 Å². The van der Waals surface area contributed by atoms with E-state index in [0.29, 0.717) is 5.92 Å². The molecule has 18 heavy (non-hydrogen) atoms. The van der Waals surface area contributed by atoms with Gasteiger partial charge in [-0.2, -0.15) is 0 Å². The van der Waals surface area contributed by atoms with E-state index in [1.165, 1.54) is 15.0 Å². The Bertz CT molecular complexity index is 492. The van der Waals surface area contributed by atoms with Crippen LogP contribution in [-0.2, 0) is 6.54 Å². The number of hydrogen-bond acceptors (Lipinski definition) is 4. The second-order valence-electron chi connectivity index (χ2n) is 4.87. The lowest BCUT2D eigenvalue weighted by atomic mass is 10.1. The zero-order chi connectivity index (χ0) is 12.4. The molecule has 0 bridgehead atoms. The molecule has 0 aliphatic carbocycles. The molecule has 3 N–H and O–H groups in total. The van der Waals surface area contributed by atoms with Crippen LogP contribution in [0, 0.1) is 5.92 Å². The highest BCUT2D eigenvalue weighted by Crippen LogP contribution is 2.25. The van der Waals surface area contributed by atoms with Crippen molar-refractivity contribution in [3.63, 3.8) is 0 Å². The van der Waals surface area contributed by atoms with Crippen molar-refractivity contribution in [2.45, 2.75) is 12.6 Å². The Morgan fingerprint density at radius 1 is 1.33 bits per heavy atom. The van der Waals surface area contributed by atoms with Crippen LogP contribution in [0.4, 0.5) is 0 Å². The smallest absolute Gasteiger partial charge is 0.0716 e. The number of rotatable bonds is 4. The van der Waals surface area contributed by atoms with Gasteiger partial charge in [0.25, 0.3) is 0 Å². The lowest BCUT2D eigenvalue weighted by Crippen LogP contribution is -2.29. The molecule has 2 unspecified atom stereocenters. The Hall–Kier alpha value is -0.940. The monoisotopic (exact) mass is 262 g/mol. The molecule has 1 aromatic carbocycles. The number of thiophene rings is 1. The summed E-state index contributed by atoms with van der Waals surface area (Å²) in [5.41, 5.74) is 0. The van der Waals surface area contributed by atoms with Crippen molar-refractivity contribution in [1.29, 1.82) is 0 Å². The summed E-state index contributed by atoms with van der Waals surface area (Å²) in [7, 11) is 0. The fourth-order valence-corrected chi connectivity index (χ4v) is 3.47. The third-order valence-electron chi connectivity index (χ3n) is 3.49. The Labute approximate surface area is 111 Å². The molecule has 2 heterocycles. The fourth-order valence-electron chi connectivity index (χ4n) is 2.43. The Morgan fingerprint density at radius 2 is 2.22 bits per heavy atom. The van der Waals surface area contributed by atoms with Crippen LogP contribution in [0.15, 0.2) is 30.3 Å². The fraction of sp³-hybridized carbons (Fsp3) is 0.429. The summed E-state index contributed by atoms with van der Waals surface area (Å²) in [6.45, 7) is 3.42. The number of nitrogens with one attached hydrogen (secondary N) is 2. The van der Waals surface area contributed by atoms with Crippen molar-refractivity contribution in [3.05, 3.63) is 35.2 Å². The average molecular weight is 262 g/mol. The number of aliphatic hydroxyl groups is 1. The zero-order valence-corrected chi connectivity index (χ0v) is 11.0. The first-order valence-electron chi connectivity index (χ1n) is 6.40. The molecular formula is C14H18N2OS. The largest absolute Gasteiger partial charge is 0.391 e. The van der Waals surface area contributed by atoms with Gasteiger partial charge in [-0.25, -0.2) is 0 Å². The van der Waals surface area contributed by atoms with Crippen LogP contribution in [0.25, 0.3) is 10.1 Å². The van der Waals surface area contributed by atoms with Gasteiger partial charge in [-0.05, 0) is 17.5 Å². The van der Waals surface area contributed by atoms with E-state index >= 15 is 0 Å². The molecule has 2 atom stereocenters. The molecule has 1 fully saturated rings. The van der Waals surface area contributed by atoms with Crippen molar-refractivity contribution < 1.29 is 5.11 Å². The van der Waals surface area contributed by atoms with Gasteiger partial charge in [0, 0.05) is 41.7 Å². The first-order chi connectivity index (χ1) is 8.83. The zero-order valence-electron chi connectivity index (χ0n) is 10.2. The van der Waals surface area contributed by atoms with Gasteiger partial charge in [0.1, 0.15) is 0 Å². The highest BCUT2D eigenvalue weighted by atomic mass is 32.1. The maximum Gasteiger partial charge on any atom is 0.0716 e. The van der Waals surface area contributed by atoms with Crippen LogP contribution >= 0.6 is 11.3 Å². The number of aliphatic hydroxyl groups excluding tert-OH is 1. The predicted molar refractivity (Wildman–Crippen MR) is 75.9 cm³/mol. The van der Waals surface area contributed by atoms with Crippen molar-refractivity contribution in [1.82, 2.24) is 10.6 Å². The Kier molecular flexibility index (Phi) is 3.61. The van der Waals surface area contributed by atoms with E-state index in [-0.39, 0.29) is 6.10 Å². The van der Waals surface area contributed by atoms with E-state index in [1.54, 1.807) is 0 Å². The molecule has 3 rings (SSSR count). The van der Waals surface area contributed by atoms with Crippen LogP contribution in [0.3, 0.4) is 0 Å². The van der Waals surface area contributed by atoms with Gasteiger partial charge in [0.15, 0.2) is 0 Å². The quantitative estimate of drug-likeness (QED) is 0.784. The van der Waals surface area contributed by atoms with Crippen molar-refractivity contribution >= 4 is 21.4 Å². The van der Waals surface area contributed by atoms with Crippen molar-refractivity contribution in [3.8, 4) is 0 Å². The number of fused-ring (bicyclic) bond motifs is 1. The van der Waals surface area contributed by atoms with Crippen LogP contribution < -0.4 is 10.6 Å². The molecule has 3 nitrogen and oxygen atoms in total. The van der Waals surface area contributed by atoms with Gasteiger partial charge < -0.3 is 15.7 Å². The summed E-state index contributed by atoms with van der Waals surface area (Å²) < 4.78 is 1.34. The predicted octanol–water partition coefficient (Wildman–Crippen LogP) is 1.57. The van der Waals surface area contributed by atoms with Crippen LogP contribution in [0.1, 0.15) is 4.88 Å². The summed E-state index contributed by atoms with van der Waals surface area (Å²) >= 11 is 1.84. The average Bonchev–Trinajstić information content (AvgIpc) is 2.96. The highest BCUT2D eigenvalue weighted by molar-refractivity contribution is 7.19. The van der Waals surface area contributed by atoms with Crippen LogP contribution in [0.5, 0.6) is 0 Å². The van der Waals surface area contributed by atoms with Gasteiger partial charge in [-0.3, -0.25) is 0 Å². The molecule has 0 saturated carbocycles. The Balaban J connectivity index is 1.56. The number of β-amino-alcohol motifs (C(OH)–C–C–N with tert-alkyl or cyclic N) is 1. The van der Waals surface area contributed by atoms with Gasteiger partial charge in [0.05, 0.1) is 6.10 Å². The third-order valence-corrected chi connectivity index (χ3v) is 4.60. The van der Waals surface area contributed by atoms with Crippen LogP contribution in [-0.4, -0.2) is 30.8 Å². The summed E-state index contributed by atoms with van der Waals surface area (Å²) in [5, 5.41) is 17.7. The Morgan fingerprint density at radius 3 is 3.00 bits per heavy atom. The van der Waals surface area contributed by atoms with Gasteiger partial charge in [-0.1, -0.05) is 18.2 Å². The second kappa shape index (κ2) is 5.36. The third kappa shape index (κ3) is 2.57. The molecule has 96 valence electrons. The van der Waals surface area contributed by atoms with Gasteiger partial charge in [0.2, 0.25) is 0 Å². The van der Waals surface area contributed by atoms with E-state index in [0.717, 1.165) is 26.2 Å². The molecule has 1 aliphatic rings. The number of hydrogen-bond donors (Lipinski definition) is 3. The normalized spacial score (nSPS) is 23.8. The topological polar surface area (TPSA) is 44.3 Å². The maximum atomic E-state index is 9.70. The molecule has 2 aromatic rings. The van der Waals surface area contributed by atoms with Crippen LogP contribution in [0.2, 0.25) is 0 Å². The summed E-state index contributed by atoms with van der Waals surface area (Å²) in [6, 6.07) is 10.7. The lowest BCUT2D eigenvalue weighted by molar-refractivity contribution is 0.146. The first-order valence-corrected chi connectivity index (χ1v) is 7.21. The molecule has 0 radical (unpaired) electrons. The van der Waals surface area contributed by atoms with E-state index in [9.17, 15) is 5.11 Å². The molecule has 0 amide bonds. The van der Waals surface area contributed by atoms with Crippen molar-refractivity contribution in [2.24, 2.45) is 5.92 Å². The molecule has 0 spiro atoms. The highest BCUT2D eigenvalue weighted by Gasteiger charge is 2.23. The van der Waals surface area contributed by atoms with E-state index < -0.39 is 0 Å². The minimum atomic E-state index is -0.195. The second-order valence-corrected chi connectivity index (χ2v) is 6.04. The molecule has 4 heteroatoms. The van der Waals surface area contributed by atoms with Gasteiger partial charge in [-0.15, -0.1) is 11.3 Å². The number of benzene rings is 1. The summed E-state index contributed by atoms with van der Waals surface area (Å²) in [5.74, 6) is 0.347. The standard InChI is InChI=1S/C14H18N2OS/c17-13-9-16-7-11(13)6-15-8-12-5-10-3-1-2-4-14(10)18-12/h1-5,11,13,15-17H,6-9H2. The van der Waals surface area contributed by atoms with E-state index in [1.807, 2.05) is 11.3 Å². The molecule has 1 aliphatic heterocycles. The summed E-state index contributed by atoms with van der Waals surface area (Å²) in [6.07, 6.45) is -0.195. The minimum Gasteiger partial charge on any atom is -0.391 e.